The van der Waals surface area contributed by atoms with Crippen molar-refractivity contribution in [1.82, 2.24) is 0 Å². The summed E-state index contributed by atoms with van der Waals surface area (Å²) in [5.41, 5.74) is 0.567. The van der Waals surface area contributed by atoms with E-state index in [4.69, 9.17) is 11.6 Å². The Labute approximate surface area is 106 Å². The zero-order valence-electron chi connectivity index (χ0n) is 7.71. The highest BCUT2D eigenvalue weighted by atomic mass is 79.9. The molecule has 0 nitrogen and oxygen atoms in total. The molecule has 2 atom stereocenters. The van der Waals surface area contributed by atoms with Crippen LogP contribution in [0.15, 0.2) is 36.4 Å². The third kappa shape index (κ3) is 2.24. The van der Waals surface area contributed by atoms with Crippen LogP contribution in [0.25, 0.3) is 0 Å². The molecule has 4 heteroatoms. The van der Waals surface area contributed by atoms with Gasteiger partial charge < -0.3 is 0 Å². The summed E-state index contributed by atoms with van der Waals surface area (Å²) in [4.78, 5) is 0. The summed E-state index contributed by atoms with van der Waals surface area (Å²) in [7, 11) is 0. The number of rotatable bonds is 1. The van der Waals surface area contributed by atoms with Crippen LogP contribution in [0.5, 0.6) is 0 Å². The minimum atomic E-state index is -0.730. The van der Waals surface area contributed by atoms with E-state index < -0.39 is 7.86 Å². The minimum absolute atomic E-state index is 0.249. The second-order valence-electron chi connectivity index (χ2n) is 3.35. The van der Waals surface area contributed by atoms with Gasteiger partial charge in [-0.05, 0) is 13.0 Å². The van der Waals surface area contributed by atoms with E-state index in [0.29, 0.717) is 5.56 Å². The summed E-state index contributed by atoms with van der Waals surface area (Å²) >= 11 is 10.9. The highest BCUT2D eigenvalue weighted by Gasteiger charge is 2.41. The normalized spacial score (nSPS) is 34.7. The molecule has 0 fully saturated rings. The lowest BCUT2D eigenvalue weighted by molar-refractivity contribution is 0.612. The first-order valence-corrected chi connectivity index (χ1v) is 6.30. The highest BCUT2D eigenvalue weighted by molar-refractivity contribution is 9.11. The van der Waals surface area contributed by atoms with Crippen LogP contribution < -0.4 is 0 Å². The molecule has 15 heavy (non-hydrogen) atoms. The molecule has 1 radical (unpaired) electrons. The van der Waals surface area contributed by atoms with Gasteiger partial charge in [-0.25, -0.2) is 4.39 Å². The van der Waals surface area contributed by atoms with E-state index in [0.717, 1.165) is 0 Å². The van der Waals surface area contributed by atoms with Gasteiger partial charge in [-0.2, -0.15) is 0 Å². The van der Waals surface area contributed by atoms with Crippen molar-refractivity contribution >= 4 is 39.3 Å². The Morgan fingerprint density at radius 1 is 1.33 bits per heavy atom. The van der Waals surface area contributed by atoms with E-state index in [1.54, 1.807) is 24.3 Å². The predicted octanol–water partition coefficient (Wildman–Crippen LogP) is 4.45. The molecule has 1 aliphatic rings. The summed E-state index contributed by atoms with van der Waals surface area (Å²) in [5, 5.41) is 0. The third-order valence-corrected chi connectivity index (χ3v) is 4.77. The van der Waals surface area contributed by atoms with Gasteiger partial charge in [0.05, 0.1) is 0 Å². The van der Waals surface area contributed by atoms with Gasteiger partial charge in [0.2, 0.25) is 0 Å². The van der Waals surface area contributed by atoms with Gasteiger partial charge >= 0.3 is 0 Å². The Bertz CT molecular complexity index is 419. The van der Waals surface area contributed by atoms with E-state index in [1.165, 1.54) is 17.8 Å². The van der Waals surface area contributed by atoms with Gasteiger partial charge in [0.25, 0.3) is 0 Å². The zero-order chi connectivity index (χ0) is 11.1. The molecule has 0 aliphatic carbocycles. The Morgan fingerprint density at radius 3 is 2.53 bits per heavy atom. The first-order chi connectivity index (χ1) is 6.93. The highest BCUT2D eigenvalue weighted by Crippen LogP contribution is 2.57. The molecule has 0 saturated carbocycles. The Morgan fingerprint density at radius 2 is 2.00 bits per heavy atom. The molecule has 0 N–H and O–H groups in total. The second kappa shape index (κ2) is 3.79. The number of hydrogen-bond donors (Lipinski definition) is 0. The first-order valence-electron chi connectivity index (χ1n) is 4.32. The van der Waals surface area contributed by atoms with E-state index >= 15 is 0 Å². The second-order valence-corrected chi connectivity index (χ2v) is 7.60. The molecule has 2 rings (SSSR count). The van der Waals surface area contributed by atoms with Gasteiger partial charge in [-0.3, -0.25) is 0 Å². The van der Waals surface area contributed by atoms with Crippen LogP contribution >= 0.6 is 39.3 Å². The van der Waals surface area contributed by atoms with Gasteiger partial charge in [0, 0.05) is 5.56 Å². The van der Waals surface area contributed by atoms with Crippen molar-refractivity contribution in [1.29, 1.82) is 0 Å². The molecule has 1 aliphatic heterocycles. The summed E-state index contributed by atoms with van der Waals surface area (Å²) in [6.07, 6.45) is 3.59. The molecule has 0 aromatic heterocycles. The van der Waals surface area contributed by atoms with Crippen molar-refractivity contribution in [2.24, 2.45) is 0 Å². The quantitative estimate of drug-likeness (QED) is 0.546. The monoisotopic (exact) mass is 305 g/mol. The summed E-state index contributed by atoms with van der Waals surface area (Å²) < 4.78 is 12.3. The molecular formula is C11H8BrClFS. The lowest BCUT2D eigenvalue weighted by atomic mass is 10.1. The minimum Gasteiger partial charge on any atom is -0.207 e. The predicted molar refractivity (Wildman–Crippen MR) is 67.7 cm³/mol. The topological polar surface area (TPSA) is 0 Å². The lowest BCUT2D eigenvalue weighted by Crippen LogP contribution is -2.13. The van der Waals surface area contributed by atoms with Crippen LogP contribution in [0, 0.1) is 12.7 Å². The molecule has 79 valence electrons. The summed E-state index contributed by atoms with van der Waals surface area (Å²) in [5.74, 6) is -0.249. The number of alkyl halides is 2. The average molecular weight is 307 g/mol. The fourth-order valence-electron chi connectivity index (χ4n) is 1.43. The number of benzene rings is 1. The largest absolute Gasteiger partial charge is 0.207 e. The molecule has 1 heterocycles. The summed E-state index contributed by atoms with van der Waals surface area (Å²) in [6, 6.07) is 6.63. The number of halogens is 3. The Hall–Kier alpha value is 0.01000. The number of hydrogen-bond acceptors (Lipinski definition) is 1. The van der Waals surface area contributed by atoms with Crippen LogP contribution in [-0.2, 0) is 3.66 Å². The zero-order valence-corrected chi connectivity index (χ0v) is 10.9. The Kier molecular flexibility index (Phi) is 2.91. The van der Waals surface area contributed by atoms with Crippen molar-refractivity contribution in [2.75, 3.05) is 0 Å². The van der Waals surface area contributed by atoms with Gasteiger partial charge in [-0.1, -0.05) is 46.3 Å². The first kappa shape index (κ1) is 11.5. The molecule has 0 bridgehead atoms. The van der Waals surface area contributed by atoms with Crippen molar-refractivity contribution in [3.8, 4) is 0 Å². The van der Waals surface area contributed by atoms with Crippen LogP contribution in [0.2, 0.25) is 0 Å². The van der Waals surface area contributed by atoms with Gasteiger partial charge in [-0.15, -0.1) is 23.4 Å². The maximum Gasteiger partial charge on any atom is 0.128 e. The maximum atomic E-state index is 13.6. The molecule has 2 unspecified atom stereocenters. The SMILES string of the molecule is [CH2]C1(Cl)C=CC(Br)(c2ccccc2F)S1. The van der Waals surface area contributed by atoms with E-state index in [9.17, 15) is 4.39 Å². The van der Waals surface area contributed by atoms with Crippen LogP contribution in [0.3, 0.4) is 0 Å². The number of thioether (sulfide) groups is 1. The lowest BCUT2D eigenvalue weighted by Gasteiger charge is -2.23. The van der Waals surface area contributed by atoms with Gasteiger partial charge in [0.1, 0.15) is 13.7 Å². The van der Waals surface area contributed by atoms with E-state index in [-0.39, 0.29) is 5.82 Å². The van der Waals surface area contributed by atoms with Crippen LogP contribution in [0.4, 0.5) is 4.39 Å². The molecular weight excluding hydrogens is 299 g/mol. The van der Waals surface area contributed by atoms with E-state index in [2.05, 4.69) is 22.9 Å². The van der Waals surface area contributed by atoms with Crippen molar-refractivity contribution in [2.45, 2.75) is 7.86 Å². The maximum absolute atomic E-state index is 13.6. The van der Waals surface area contributed by atoms with Gasteiger partial charge in [0.15, 0.2) is 0 Å². The van der Waals surface area contributed by atoms with Crippen molar-refractivity contribution in [3.05, 3.63) is 54.7 Å². The fourth-order valence-corrected chi connectivity index (χ4v) is 4.50. The van der Waals surface area contributed by atoms with Crippen molar-refractivity contribution in [3.63, 3.8) is 0 Å². The Balaban J connectivity index is 2.41. The van der Waals surface area contributed by atoms with Crippen molar-refractivity contribution < 1.29 is 4.39 Å². The summed E-state index contributed by atoms with van der Waals surface area (Å²) in [6.45, 7) is 3.81. The molecule has 0 saturated heterocycles. The standard InChI is InChI=1S/C11H8BrClFS/c1-10(13)6-7-11(12,15-10)8-4-2-3-5-9(8)14/h2-7H,1H2. The molecule has 0 spiro atoms. The molecule has 1 aromatic rings. The average Bonchev–Trinajstić information content (AvgIpc) is 2.42. The smallest absolute Gasteiger partial charge is 0.128 e. The fraction of sp³-hybridized carbons (Fsp3) is 0.182. The third-order valence-electron chi connectivity index (χ3n) is 2.11. The van der Waals surface area contributed by atoms with E-state index in [1.807, 2.05) is 6.08 Å². The molecule has 0 amide bonds. The molecule has 1 aromatic carbocycles. The van der Waals surface area contributed by atoms with Crippen LogP contribution in [-0.4, -0.2) is 4.21 Å². The van der Waals surface area contributed by atoms with Crippen LogP contribution in [0.1, 0.15) is 5.56 Å².